The third kappa shape index (κ3) is 2.31. The van der Waals surface area contributed by atoms with Crippen LogP contribution in [0.2, 0.25) is 0 Å². The minimum absolute atomic E-state index is 0.0104. The molecule has 0 radical (unpaired) electrons. The van der Waals surface area contributed by atoms with E-state index in [0.717, 1.165) is 29.2 Å². The first-order valence-corrected chi connectivity index (χ1v) is 8.67. The van der Waals surface area contributed by atoms with Gasteiger partial charge in [-0.25, -0.2) is 0 Å². The Bertz CT molecular complexity index is 1100. The summed E-state index contributed by atoms with van der Waals surface area (Å²) in [5, 5.41) is 6.60. The molecule has 0 bridgehead atoms. The molecular formula is C22H18N2O. The molecule has 1 atom stereocenters. The zero-order chi connectivity index (χ0) is 16.8. The molecule has 0 saturated heterocycles. The van der Waals surface area contributed by atoms with Gasteiger partial charge >= 0.3 is 0 Å². The summed E-state index contributed by atoms with van der Waals surface area (Å²) in [7, 11) is 0. The van der Waals surface area contributed by atoms with E-state index in [4.69, 9.17) is 0 Å². The zero-order valence-electron chi connectivity index (χ0n) is 13.8. The molecule has 25 heavy (non-hydrogen) atoms. The van der Waals surface area contributed by atoms with Crippen molar-refractivity contribution in [1.29, 1.82) is 0 Å². The number of hydrogen-bond acceptors (Lipinski definition) is 1. The highest BCUT2D eigenvalue weighted by molar-refractivity contribution is 6.07. The monoisotopic (exact) mass is 326 g/mol. The molecule has 5 rings (SSSR count). The van der Waals surface area contributed by atoms with Crippen LogP contribution in [0.1, 0.15) is 21.6 Å². The van der Waals surface area contributed by atoms with Gasteiger partial charge in [0.05, 0.1) is 0 Å². The van der Waals surface area contributed by atoms with Crippen LogP contribution in [0, 0.1) is 0 Å². The topological polar surface area (TPSA) is 44.9 Å². The van der Waals surface area contributed by atoms with Crippen molar-refractivity contribution in [2.45, 2.75) is 18.9 Å². The van der Waals surface area contributed by atoms with Crippen LogP contribution in [0.5, 0.6) is 0 Å². The number of rotatable bonds is 2. The molecule has 1 aliphatic carbocycles. The first kappa shape index (κ1) is 14.3. The van der Waals surface area contributed by atoms with Crippen molar-refractivity contribution in [1.82, 2.24) is 10.3 Å². The summed E-state index contributed by atoms with van der Waals surface area (Å²) in [6.07, 6.45) is 1.75. The molecule has 122 valence electrons. The van der Waals surface area contributed by atoms with Crippen LogP contribution in [0.15, 0.2) is 66.7 Å². The average Bonchev–Trinajstić information content (AvgIpc) is 3.18. The van der Waals surface area contributed by atoms with E-state index in [1.165, 1.54) is 22.2 Å². The van der Waals surface area contributed by atoms with Gasteiger partial charge in [-0.1, -0.05) is 54.6 Å². The summed E-state index contributed by atoms with van der Waals surface area (Å²) in [4.78, 5) is 16.3. The normalized spacial score (nSPS) is 16.2. The molecule has 3 heteroatoms. The molecule has 0 fully saturated rings. The van der Waals surface area contributed by atoms with Gasteiger partial charge in [0.25, 0.3) is 5.91 Å². The van der Waals surface area contributed by atoms with Gasteiger partial charge in [-0.15, -0.1) is 0 Å². The highest BCUT2D eigenvalue weighted by atomic mass is 16.1. The maximum absolute atomic E-state index is 12.8. The van der Waals surface area contributed by atoms with E-state index in [2.05, 4.69) is 28.5 Å². The lowest BCUT2D eigenvalue weighted by Crippen LogP contribution is -2.35. The van der Waals surface area contributed by atoms with Gasteiger partial charge in [0, 0.05) is 34.6 Å². The fourth-order valence-corrected chi connectivity index (χ4v) is 4.02. The Morgan fingerprint density at radius 2 is 1.64 bits per heavy atom. The Labute approximate surface area is 145 Å². The molecule has 0 spiro atoms. The molecule has 3 aromatic carbocycles. The summed E-state index contributed by atoms with van der Waals surface area (Å²) < 4.78 is 0. The highest BCUT2D eigenvalue weighted by Gasteiger charge is 2.27. The maximum Gasteiger partial charge on any atom is 0.252 e. The first-order chi connectivity index (χ1) is 12.3. The van der Waals surface area contributed by atoms with Crippen molar-refractivity contribution >= 4 is 27.6 Å². The van der Waals surface area contributed by atoms with Crippen LogP contribution in [0.3, 0.4) is 0 Å². The Morgan fingerprint density at radius 3 is 2.56 bits per heavy atom. The fourth-order valence-electron chi connectivity index (χ4n) is 4.02. The average molecular weight is 326 g/mol. The van der Waals surface area contributed by atoms with Crippen LogP contribution in [0.25, 0.3) is 21.7 Å². The quantitative estimate of drug-likeness (QED) is 0.569. The third-order valence-electron chi connectivity index (χ3n) is 5.17. The highest BCUT2D eigenvalue weighted by Crippen LogP contribution is 2.30. The molecule has 1 aromatic heterocycles. The van der Waals surface area contributed by atoms with Gasteiger partial charge in [0.2, 0.25) is 0 Å². The summed E-state index contributed by atoms with van der Waals surface area (Å²) in [6, 6.07) is 22.4. The largest absolute Gasteiger partial charge is 0.358 e. The number of fused-ring (bicyclic) bond motifs is 4. The summed E-state index contributed by atoms with van der Waals surface area (Å²) >= 11 is 0. The Morgan fingerprint density at radius 1 is 0.880 bits per heavy atom. The van der Waals surface area contributed by atoms with Crippen LogP contribution < -0.4 is 5.32 Å². The van der Waals surface area contributed by atoms with Gasteiger partial charge in [0.1, 0.15) is 0 Å². The molecule has 2 N–H and O–H groups in total. The molecule has 1 heterocycles. The van der Waals surface area contributed by atoms with Crippen molar-refractivity contribution in [3.63, 3.8) is 0 Å². The minimum atomic E-state index is 0.0104. The Balaban J connectivity index is 1.41. The molecule has 1 aliphatic rings. The van der Waals surface area contributed by atoms with E-state index in [1.54, 1.807) is 0 Å². The summed E-state index contributed by atoms with van der Waals surface area (Å²) in [5.41, 5.74) is 4.54. The fraction of sp³-hybridized carbons (Fsp3) is 0.136. The van der Waals surface area contributed by atoms with E-state index < -0.39 is 0 Å². The van der Waals surface area contributed by atoms with Gasteiger partial charge in [0.15, 0.2) is 0 Å². The number of benzene rings is 3. The van der Waals surface area contributed by atoms with E-state index >= 15 is 0 Å². The predicted molar refractivity (Wildman–Crippen MR) is 101 cm³/mol. The van der Waals surface area contributed by atoms with E-state index in [-0.39, 0.29) is 11.9 Å². The van der Waals surface area contributed by atoms with E-state index in [9.17, 15) is 4.79 Å². The van der Waals surface area contributed by atoms with Crippen molar-refractivity contribution in [3.8, 4) is 0 Å². The van der Waals surface area contributed by atoms with Crippen molar-refractivity contribution in [2.24, 2.45) is 0 Å². The van der Waals surface area contributed by atoms with Gasteiger partial charge in [-0.05, 0) is 34.9 Å². The number of para-hydroxylation sites is 1. The lowest BCUT2D eigenvalue weighted by atomic mass is 10.0. The second-order valence-electron chi connectivity index (χ2n) is 6.73. The van der Waals surface area contributed by atoms with Crippen molar-refractivity contribution in [3.05, 3.63) is 83.6 Å². The molecule has 0 aliphatic heterocycles. The number of carbonyl (C=O) groups is 1. The summed E-state index contributed by atoms with van der Waals surface area (Å²) in [6.45, 7) is 0. The van der Waals surface area contributed by atoms with Crippen molar-refractivity contribution in [2.75, 3.05) is 0 Å². The number of aromatic nitrogens is 1. The molecule has 1 unspecified atom stereocenters. The Kier molecular flexibility index (Phi) is 3.14. The third-order valence-corrected chi connectivity index (χ3v) is 5.17. The standard InChI is InChI=1S/C22H18N2O/c25-22(18-10-5-7-14-6-1-2-8-16(14)18)23-15-12-19-17-9-3-4-11-20(17)24-21(19)13-15/h1-11,15,24H,12-13H2,(H,23,25). The van der Waals surface area contributed by atoms with Crippen LogP contribution in [-0.4, -0.2) is 16.9 Å². The SMILES string of the molecule is O=C(NC1Cc2[nH]c3ccccc3c2C1)c1cccc2ccccc12. The van der Waals surface area contributed by atoms with Crippen LogP contribution in [-0.2, 0) is 12.8 Å². The molecule has 1 amide bonds. The number of aromatic amines is 1. The van der Waals surface area contributed by atoms with Crippen LogP contribution in [0.4, 0.5) is 0 Å². The maximum atomic E-state index is 12.8. The van der Waals surface area contributed by atoms with Gasteiger partial charge in [-0.3, -0.25) is 4.79 Å². The van der Waals surface area contributed by atoms with Crippen molar-refractivity contribution < 1.29 is 4.79 Å². The summed E-state index contributed by atoms with van der Waals surface area (Å²) in [5.74, 6) is 0.0104. The smallest absolute Gasteiger partial charge is 0.252 e. The minimum Gasteiger partial charge on any atom is -0.358 e. The number of amides is 1. The predicted octanol–water partition coefficient (Wildman–Crippen LogP) is 4.22. The van der Waals surface area contributed by atoms with E-state index in [0.29, 0.717) is 0 Å². The zero-order valence-corrected chi connectivity index (χ0v) is 13.8. The molecule has 0 saturated carbocycles. The number of carbonyl (C=O) groups excluding carboxylic acids is 1. The lowest BCUT2D eigenvalue weighted by molar-refractivity contribution is 0.0940. The number of H-pyrrole nitrogens is 1. The molecule has 3 nitrogen and oxygen atoms in total. The van der Waals surface area contributed by atoms with Gasteiger partial charge < -0.3 is 10.3 Å². The second-order valence-corrected chi connectivity index (χ2v) is 6.73. The lowest BCUT2D eigenvalue weighted by Gasteiger charge is -2.14. The van der Waals surface area contributed by atoms with Crippen LogP contribution >= 0.6 is 0 Å². The van der Waals surface area contributed by atoms with E-state index in [1.807, 2.05) is 48.5 Å². The Hall–Kier alpha value is -3.07. The first-order valence-electron chi connectivity index (χ1n) is 8.67. The number of hydrogen-bond donors (Lipinski definition) is 2. The molecule has 4 aromatic rings. The second kappa shape index (κ2) is 5.49. The molecular weight excluding hydrogens is 308 g/mol. The van der Waals surface area contributed by atoms with Gasteiger partial charge in [-0.2, -0.15) is 0 Å². The number of nitrogens with one attached hydrogen (secondary N) is 2.